The van der Waals surface area contributed by atoms with Crippen LogP contribution in [0.2, 0.25) is 0 Å². The smallest absolute Gasteiger partial charge is 0.408 e. The van der Waals surface area contributed by atoms with Crippen molar-refractivity contribution in [1.29, 1.82) is 0 Å². The molecule has 30 heavy (non-hydrogen) atoms. The van der Waals surface area contributed by atoms with Crippen LogP contribution in [0.25, 0.3) is 0 Å². The van der Waals surface area contributed by atoms with E-state index >= 15 is 0 Å². The molecule has 0 radical (unpaired) electrons. The third kappa shape index (κ3) is 8.28. The molecule has 2 amide bonds. The fraction of sp³-hybridized carbons (Fsp3) is 0.571. The lowest BCUT2D eigenvalue weighted by Gasteiger charge is -2.36. The number of alkyl carbamates (subject to hydrolysis) is 2. The standard InChI is InChI=1S/C21H30N2O7/c1-21(2,3)30-20(26)22-15-10-16(11-15)28-13-17(18(24)27-4)23-19(25)29-12-14-8-6-5-7-9-14/h5-9,15-17H,10-13H2,1-4H3,(H,22,26)(H,23,25)/t15?,16?,17-/m0/s1. The number of amides is 2. The van der Waals surface area contributed by atoms with Crippen molar-refractivity contribution in [2.45, 2.75) is 64.0 Å². The minimum absolute atomic E-state index is 0.0507. The van der Waals surface area contributed by atoms with E-state index < -0.39 is 29.8 Å². The molecule has 1 aromatic rings. The van der Waals surface area contributed by atoms with Crippen LogP contribution >= 0.6 is 0 Å². The minimum atomic E-state index is -0.990. The Kier molecular flexibility index (Phi) is 8.46. The van der Waals surface area contributed by atoms with Crippen molar-refractivity contribution in [3.05, 3.63) is 35.9 Å². The number of esters is 1. The zero-order valence-electron chi connectivity index (χ0n) is 17.8. The maximum absolute atomic E-state index is 12.0. The fourth-order valence-electron chi connectivity index (χ4n) is 2.74. The van der Waals surface area contributed by atoms with Crippen molar-refractivity contribution in [3.63, 3.8) is 0 Å². The number of hydrogen-bond acceptors (Lipinski definition) is 7. The number of carbonyl (C=O) groups excluding carboxylic acids is 3. The molecule has 0 spiro atoms. The second-order valence-electron chi connectivity index (χ2n) is 8.05. The summed E-state index contributed by atoms with van der Waals surface area (Å²) in [6.45, 7) is 5.41. The molecule has 1 aliphatic rings. The first-order chi connectivity index (χ1) is 14.2. The molecule has 1 fully saturated rings. The van der Waals surface area contributed by atoms with Gasteiger partial charge in [0.25, 0.3) is 0 Å². The second kappa shape index (κ2) is 10.8. The van der Waals surface area contributed by atoms with Crippen molar-refractivity contribution in [2.75, 3.05) is 13.7 Å². The van der Waals surface area contributed by atoms with E-state index in [4.69, 9.17) is 18.9 Å². The summed E-state index contributed by atoms with van der Waals surface area (Å²) in [5, 5.41) is 5.23. The molecular weight excluding hydrogens is 392 g/mol. The Morgan fingerprint density at radius 3 is 2.37 bits per heavy atom. The van der Waals surface area contributed by atoms with Crippen LogP contribution < -0.4 is 10.6 Å². The molecule has 0 saturated heterocycles. The van der Waals surface area contributed by atoms with E-state index in [1.165, 1.54) is 7.11 Å². The molecular formula is C21H30N2O7. The summed E-state index contributed by atoms with van der Waals surface area (Å²) >= 11 is 0. The summed E-state index contributed by atoms with van der Waals surface area (Å²) in [4.78, 5) is 35.7. The SMILES string of the molecule is COC(=O)[C@H](COC1CC(NC(=O)OC(C)(C)C)C1)NC(=O)OCc1ccccc1. The van der Waals surface area contributed by atoms with Crippen molar-refractivity contribution in [3.8, 4) is 0 Å². The third-order valence-electron chi connectivity index (χ3n) is 4.30. The molecule has 1 aromatic carbocycles. The molecule has 0 aromatic heterocycles. The van der Waals surface area contributed by atoms with Gasteiger partial charge in [0, 0.05) is 6.04 Å². The van der Waals surface area contributed by atoms with Gasteiger partial charge in [-0.3, -0.25) is 0 Å². The molecule has 9 heteroatoms. The molecule has 2 N–H and O–H groups in total. The zero-order valence-corrected chi connectivity index (χ0v) is 17.8. The van der Waals surface area contributed by atoms with E-state index in [2.05, 4.69) is 10.6 Å². The van der Waals surface area contributed by atoms with Crippen molar-refractivity contribution in [1.82, 2.24) is 10.6 Å². The van der Waals surface area contributed by atoms with E-state index in [1.54, 1.807) is 20.8 Å². The average molecular weight is 422 g/mol. The largest absolute Gasteiger partial charge is 0.467 e. The van der Waals surface area contributed by atoms with Crippen LogP contribution in [0.3, 0.4) is 0 Å². The number of hydrogen-bond donors (Lipinski definition) is 2. The van der Waals surface area contributed by atoms with Gasteiger partial charge in [-0.1, -0.05) is 30.3 Å². The van der Waals surface area contributed by atoms with Crippen LogP contribution in [0.1, 0.15) is 39.2 Å². The first-order valence-electron chi connectivity index (χ1n) is 9.82. The molecule has 2 rings (SSSR count). The van der Waals surface area contributed by atoms with E-state index in [1.807, 2.05) is 30.3 Å². The number of carbonyl (C=O) groups is 3. The lowest BCUT2D eigenvalue weighted by molar-refractivity contribution is -0.146. The number of nitrogens with one attached hydrogen (secondary N) is 2. The average Bonchev–Trinajstić information content (AvgIpc) is 2.65. The Labute approximate surface area is 176 Å². The summed E-state index contributed by atoms with van der Waals surface area (Å²) in [5.41, 5.74) is 0.273. The van der Waals surface area contributed by atoms with Gasteiger partial charge in [-0.2, -0.15) is 0 Å². The monoisotopic (exact) mass is 422 g/mol. The molecule has 0 unspecified atom stereocenters. The number of benzene rings is 1. The summed E-state index contributed by atoms with van der Waals surface area (Å²) in [6.07, 6.45) is -0.173. The van der Waals surface area contributed by atoms with Gasteiger partial charge in [0.15, 0.2) is 6.04 Å². The molecule has 0 aliphatic heterocycles. The van der Waals surface area contributed by atoms with Gasteiger partial charge in [-0.15, -0.1) is 0 Å². The number of methoxy groups -OCH3 is 1. The van der Waals surface area contributed by atoms with Crippen LogP contribution in [0, 0.1) is 0 Å². The Hall–Kier alpha value is -2.81. The summed E-state index contributed by atoms with van der Waals surface area (Å²) in [6, 6.07) is 8.15. The highest BCUT2D eigenvalue weighted by atomic mass is 16.6. The first-order valence-corrected chi connectivity index (χ1v) is 9.82. The molecule has 166 valence electrons. The zero-order chi connectivity index (χ0) is 22.1. The van der Waals surface area contributed by atoms with Crippen LogP contribution in [0.4, 0.5) is 9.59 Å². The Balaban J connectivity index is 1.71. The van der Waals surface area contributed by atoms with E-state index in [0.717, 1.165) is 5.56 Å². The third-order valence-corrected chi connectivity index (χ3v) is 4.30. The maximum Gasteiger partial charge on any atom is 0.408 e. The first kappa shape index (κ1) is 23.5. The lowest BCUT2D eigenvalue weighted by Crippen LogP contribution is -2.51. The number of rotatable bonds is 8. The molecule has 1 atom stereocenters. The lowest BCUT2D eigenvalue weighted by atomic mass is 9.89. The van der Waals surface area contributed by atoms with Crippen LogP contribution in [-0.4, -0.2) is 55.7 Å². The molecule has 0 heterocycles. The van der Waals surface area contributed by atoms with E-state index in [-0.39, 0.29) is 25.4 Å². The van der Waals surface area contributed by atoms with Gasteiger partial charge in [-0.05, 0) is 39.2 Å². The van der Waals surface area contributed by atoms with Crippen LogP contribution in [0.5, 0.6) is 0 Å². The van der Waals surface area contributed by atoms with Crippen molar-refractivity contribution >= 4 is 18.2 Å². The van der Waals surface area contributed by atoms with Crippen LogP contribution in [0.15, 0.2) is 30.3 Å². The van der Waals surface area contributed by atoms with E-state index in [0.29, 0.717) is 12.8 Å². The van der Waals surface area contributed by atoms with Gasteiger partial charge in [0.1, 0.15) is 12.2 Å². The van der Waals surface area contributed by atoms with Crippen LogP contribution in [-0.2, 0) is 30.3 Å². The van der Waals surface area contributed by atoms with Gasteiger partial charge < -0.3 is 29.6 Å². The highest BCUT2D eigenvalue weighted by Gasteiger charge is 2.34. The highest BCUT2D eigenvalue weighted by Crippen LogP contribution is 2.24. The van der Waals surface area contributed by atoms with E-state index in [9.17, 15) is 14.4 Å². The fourth-order valence-corrected chi connectivity index (χ4v) is 2.74. The quantitative estimate of drug-likeness (QED) is 0.489. The molecule has 1 aliphatic carbocycles. The van der Waals surface area contributed by atoms with Gasteiger partial charge in [0.2, 0.25) is 0 Å². The van der Waals surface area contributed by atoms with Gasteiger partial charge >= 0.3 is 18.2 Å². The van der Waals surface area contributed by atoms with Crippen molar-refractivity contribution < 1.29 is 33.3 Å². The topological polar surface area (TPSA) is 112 Å². The predicted molar refractivity (Wildman–Crippen MR) is 108 cm³/mol. The normalized spacial score (nSPS) is 19.1. The molecule has 9 nitrogen and oxygen atoms in total. The summed E-state index contributed by atoms with van der Waals surface area (Å²) in [5.74, 6) is -0.630. The Bertz CT molecular complexity index is 712. The predicted octanol–water partition coefficient (Wildman–Crippen LogP) is 2.53. The highest BCUT2D eigenvalue weighted by molar-refractivity contribution is 5.81. The second-order valence-corrected chi connectivity index (χ2v) is 8.05. The Morgan fingerprint density at radius 2 is 1.77 bits per heavy atom. The molecule has 0 bridgehead atoms. The maximum atomic E-state index is 12.0. The minimum Gasteiger partial charge on any atom is -0.467 e. The Morgan fingerprint density at radius 1 is 1.10 bits per heavy atom. The number of ether oxygens (including phenoxy) is 4. The summed E-state index contributed by atoms with van der Waals surface area (Å²) < 4.78 is 20.7. The molecule has 1 saturated carbocycles. The van der Waals surface area contributed by atoms with Gasteiger partial charge in [-0.25, -0.2) is 14.4 Å². The summed E-state index contributed by atoms with van der Waals surface area (Å²) in [7, 11) is 1.23. The van der Waals surface area contributed by atoms with Crippen molar-refractivity contribution in [2.24, 2.45) is 0 Å². The van der Waals surface area contributed by atoms with Gasteiger partial charge in [0.05, 0.1) is 19.8 Å².